The van der Waals surface area contributed by atoms with E-state index in [1.54, 1.807) is 11.8 Å². The fourth-order valence-electron chi connectivity index (χ4n) is 4.21. The van der Waals surface area contributed by atoms with Crippen molar-refractivity contribution in [2.75, 3.05) is 12.3 Å². The summed E-state index contributed by atoms with van der Waals surface area (Å²) >= 11 is 1.80. The van der Waals surface area contributed by atoms with Crippen molar-refractivity contribution in [2.45, 2.75) is 51.7 Å². The molecule has 4 nitrogen and oxygen atoms in total. The number of carbonyl (C=O) groups is 1. The fraction of sp³-hybridized carbons (Fsp3) is 0.290. The van der Waals surface area contributed by atoms with Crippen molar-refractivity contribution in [1.29, 1.82) is 0 Å². The molecule has 5 heteroatoms. The van der Waals surface area contributed by atoms with Gasteiger partial charge < -0.3 is 9.88 Å². The molecule has 0 saturated carbocycles. The van der Waals surface area contributed by atoms with Gasteiger partial charge in [0, 0.05) is 30.0 Å². The Hall–Kier alpha value is -3.31. The van der Waals surface area contributed by atoms with Crippen molar-refractivity contribution >= 4 is 17.7 Å². The lowest BCUT2D eigenvalue weighted by atomic mass is 10.0. The van der Waals surface area contributed by atoms with E-state index < -0.39 is 0 Å². The van der Waals surface area contributed by atoms with Crippen LogP contribution in [0.3, 0.4) is 0 Å². The summed E-state index contributed by atoms with van der Waals surface area (Å²) in [5, 5.41) is 4.10. The van der Waals surface area contributed by atoms with E-state index in [2.05, 4.69) is 79.2 Å². The maximum Gasteiger partial charge on any atom is 0.224 e. The molecule has 1 amide bonds. The molecule has 0 unspecified atom stereocenters. The minimum absolute atomic E-state index is 0.0841. The zero-order chi connectivity index (χ0) is 25.3. The van der Waals surface area contributed by atoms with Gasteiger partial charge in [-0.25, -0.2) is 4.98 Å². The van der Waals surface area contributed by atoms with E-state index in [9.17, 15) is 4.79 Å². The maximum atomic E-state index is 12.2. The minimum Gasteiger partial charge on any atom is -0.356 e. The molecular formula is C31H35N3OS. The van der Waals surface area contributed by atoms with Gasteiger partial charge in [0.05, 0.1) is 17.8 Å². The normalized spacial score (nSPS) is 11.0. The first-order valence-electron chi connectivity index (χ1n) is 12.7. The molecule has 0 aliphatic heterocycles. The summed E-state index contributed by atoms with van der Waals surface area (Å²) < 4.78 is 2.34. The molecule has 0 atom stereocenters. The third-order valence-electron chi connectivity index (χ3n) is 6.23. The van der Waals surface area contributed by atoms with Crippen LogP contribution in [0, 0.1) is 13.8 Å². The van der Waals surface area contributed by atoms with E-state index in [0.29, 0.717) is 13.0 Å². The smallest absolute Gasteiger partial charge is 0.224 e. The lowest BCUT2D eigenvalue weighted by molar-refractivity contribution is -0.120. The third-order valence-corrected chi connectivity index (χ3v) is 7.29. The third kappa shape index (κ3) is 6.67. The van der Waals surface area contributed by atoms with Gasteiger partial charge in [-0.05, 0) is 39.2 Å². The standard InChI is InChI=1S/C31H35N3OS/c1-4-34-30(27-18-14-24(3)15-19-27)29(26-16-12-23(2)13-17-26)33-31(34)36-21-9-8-20-32-28(35)22-25-10-6-5-7-11-25/h5-7,10-19H,4,8-9,20-22H2,1-3H3,(H,32,35). The van der Waals surface area contributed by atoms with Crippen molar-refractivity contribution in [3.05, 3.63) is 95.6 Å². The van der Waals surface area contributed by atoms with Crippen LogP contribution < -0.4 is 5.32 Å². The summed E-state index contributed by atoms with van der Waals surface area (Å²) in [6, 6.07) is 27.2. The molecule has 4 aromatic rings. The molecule has 0 spiro atoms. The van der Waals surface area contributed by atoms with E-state index in [1.807, 2.05) is 30.3 Å². The Morgan fingerprint density at radius 1 is 0.861 bits per heavy atom. The number of nitrogens with one attached hydrogen (secondary N) is 1. The molecular weight excluding hydrogens is 462 g/mol. The summed E-state index contributed by atoms with van der Waals surface area (Å²) in [6.07, 6.45) is 2.41. The molecule has 0 saturated heterocycles. The van der Waals surface area contributed by atoms with Gasteiger partial charge in [-0.1, -0.05) is 102 Å². The monoisotopic (exact) mass is 497 g/mol. The topological polar surface area (TPSA) is 46.9 Å². The summed E-state index contributed by atoms with van der Waals surface area (Å²) in [7, 11) is 0. The largest absolute Gasteiger partial charge is 0.356 e. The van der Waals surface area contributed by atoms with Crippen molar-refractivity contribution in [2.24, 2.45) is 0 Å². The number of hydrogen-bond acceptors (Lipinski definition) is 3. The number of amides is 1. The first-order valence-corrected chi connectivity index (χ1v) is 13.7. The number of hydrogen-bond donors (Lipinski definition) is 1. The molecule has 0 radical (unpaired) electrons. The molecule has 3 aromatic carbocycles. The van der Waals surface area contributed by atoms with Crippen molar-refractivity contribution < 1.29 is 4.79 Å². The summed E-state index contributed by atoms with van der Waals surface area (Å²) in [5.41, 5.74) is 8.10. The number of imidazole rings is 1. The van der Waals surface area contributed by atoms with Crippen LogP contribution in [0.5, 0.6) is 0 Å². The second-order valence-corrected chi connectivity index (χ2v) is 10.2. The van der Waals surface area contributed by atoms with Gasteiger partial charge in [-0.2, -0.15) is 0 Å². The van der Waals surface area contributed by atoms with Crippen LogP contribution in [0.4, 0.5) is 0 Å². The molecule has 1 N–H and O–H groups in total. The molecule has 0 bridgehead atoms. The zero-order valence-electron chi connectivity index (χ0n) is 21.5. The average Bonchev–Trinajstić information content (AvgIpc) is 3.26. The highest BCUT2D eigenvalue weighted by atomic mass is 32.2. The Morgan fingerprint density at radius 2 is 1.50 bits per heavy atom. The first kappa shape index (κ1) is 25.8. The van der Waals surface area contributed by atoms with Gasteiger partial charge in [0.25, 0.3) is 0 Å². The lowest BCUT2D eigenvalue weighted by Crippen LogP contribution is -2.26. The predicted molar refractivity (Wildman–Crippen MR) is 151 cm³/mol. The van der Waals surface area contributed by atoms with Crippen molar-refractivity contribution in [3.8, 4) is 22.5 Å². The van der Waals surface area contributed by atoms with E-state index in [0.717, 1.165) is 47.1 Å². The maximum absolute atomic E-state index is 12.2. The van der Waals surface area contributed by atoms with Gasteiger partial charge >= 0.3 is 0 Å². The predicted octanol–water partition coefficient (Wildman–Crippen LogP) is 7.09. The second-order valence-electron chi connectivity index (χ2n) is 9.14. The summed E-state index contributed by atoms with van der Waals surface area (Å²) in [4.78, 5) is 17.3. The fourth-order valence-corrected chi connectivity index (χ4v) is 5.28. The van der Waals surface area contributed by atoms with Gasteiger partial charge in [0.1, 0.15) is 0 Å². The van der Waals surface area contributed by atoms with Crippen LogP contribution >= 0.6 is 11.8 Å². The first-order chi connectivity index (χ1) is 17.5. The highest BCUT2D eigenvalue weighted by Crippen LogP contribution is 2.36. The molecule has 1 heterocycles. The van der Waals surface area contributed by atoms with Gasteiger partial charge in [-0.3, -0.25) is 4.79 Å². The SMILES string of the molecule is CCn1c(SCCCCNC(=O)Cc2ccccc2)nc(-c2ccc(C)cc2)c1-c1ccc(C)cc1. The van der Waals surface area contributed by atoms with Crippen molar-refractivity contribution in [3.63, 3.8) is 0 Å². The van der Waals surface area contributed by atoms with Gasteiger partial charge in [0.15, 0.2) is 5.16 Å². The lowest BCUT2D eigenvalue weighted by Gasteiger charge is -2.11. The van der Waals surface area contributed by atoms with Crippen LogP contribution in [0.15, 0.2) is 84.0 Å². The molecule has 0 aliphatic rings. The second kappa shape index (κ2) is 12.6. The van der Waals surface area contributed by atoms with E-state index in [-0.39, 0.29) is 5.91 Å². The Labute approximate surface area is 219 Å². The number of aromatic nitrogens is 2. The number of nitrogens with zero attached hydrogens (tertiary/aromatic N) is 2. The van der Waals surface area contributed by atoms with E-state index >= 15 is 0 Å². The van der Waals surface area contributed by atoms with Crippen LogP contribution in [0.25, 0.3) is 22.5 Å². The van der Waals surface area contributed by atoms with Gasteiger partial charge in [0.2, 0.25) is 5.91 Å². The Kier molecular flexibility index (Phi) is 9.01. The molecule has 186 valence electrons. The number of benzene rings is 3. The quantitative estimate of drug-likeness (QED) is 0.178. The van der Waals surface area contributed by atoms with Crippen LogP contribution in [0.2, 0.25) is 0 Å². The highest BCUT2D eigenvalue weighted by molar-refractivity contribution is 7.99. The minimum atomic E-state index is 0.0841. The number of unbranched alkanes of at least 4 members (excludes halogenated alkanes) is 1. The van der Waals surface area contributed by atoms with Crippen LogP contribution in [-0.2, 0) is 17.8 Å². The molecule has 0 fully saturated rings. The van der Waals surface area contributed by atoms with Crippen LogP contribution in [-0.4, -0.2) is 27.8 Å². The average molecular weight is 498 g/mol. The zero-order valence-corrected chi connectivity index (χ0v) is 22.3. The molecule has 1 aromatic heterocycles. The van der Waals surface area contributed by atoms with E-state index in [1.165, 1.54) is 22.4 Å². The summed E-state index contributed by atoms with van der Waals surface area (Å²) in [5.74, 6) is 1.05. The van der Waals surface area contributed by atoms with E-state index in [4.69, 9.17) is 4.98 Å². The highest BCUT2D eigenvalue weighted by Gasteiger charge is 2.19. The summed E-state index contributed by atoms with van der Waals surface area (Å²) in [6.45, 7) is 7.98. The molecule has 0 aliphatic carbocycles. The Morgan fingerprint density at radius 3 is 2.14 bits per heavy atom. The van der Waals surface area contributed by atoms with Crippen molar-refractivity contribution in [1.82, 2.24) is 14.9 Å². The Bertz CT molecular complexity index is 1260. The molecule has 4 rings (SSSR count). The van der Waals surface area contributed by atoms with Crippen LogP contribution in [0.1, 0.15) is 36.5 Å². The number of carbonyl (C=O) groups excluding carboxylic acids is 1. The molecule has 36 heavy (non-hydrogen) atoms. The number of thioether (sulfide) groups is 1. The number of rotatable bonds is 11. The number of aryl methyl sites for hydroxylation is 2. The Balaban J connectivity index is 1.40. The van der Waals surface area contributed by atoms with Gasteiger partial charge in [-0.15, -0.1) is 0 Å².